The highest BCUT2D eigenvalue weighted by Crippen LogP contribution is 2.31. The lowest BCUT2D eigenvalue weighted by atomic mass is 10.2. The molecule has 96 valence electrons. The Balaban J connectivity index is 2.22. The number of hydrogen-bond donors (Lipinski definition) is 0. The first kappa shape index (κ1) is 12.9. The second-order valence-corrected chi connectivity index (χ2v) is 3.87. The molecule has 0 atom stereocenters. The Kier molecular flexibility index (Phi) is 3.99. The molecule has 0 aliphatic carbocycles. The number of nitrogens with zero attached hydrogens (tertiary/aromatic N) is 1. The molecular weight excluding hydrogens is 245 g/mol. The average molecular weight is 257 g/mol. The summed E-state index contributed by atoms with van der Waals surface area (Å²) in [6.45, 7) is 0.173. The molecule has 0 bridgehead atoms. The van der Waals surface area contributed by atoms with E-state index in [1.54, 1.807) is 30.3 Å². The number of para-hydroxylation sites is 1. The van der Waals surface area contributed by atoms with E-state index >= 15 is 0 Å². The first-order valence-electron chi connectivity index (χ1n) is 5.69. The maximum atomic E-state index is 13.1. The van der Waals surface area contributed by atoms with Gasteiger partial charge in [0.05, 0.1) is 12.7 Å². The summed E-state index contributed by atoms with van der Waals surface area (Å²) in [5, 5.41) is 9.03. The monoisotopic (exact) mass is 257 g/mol. The Labute approximate surface area is 110 Å². The summed E-state index contributed by atoms with van der Waals surface area (Å²) < 4.78 is 23.8. The maximum Gasteiger partial charge on any atom is 0.179 e. The van der Waals surface area contributed by atoms with Gasteiger partial charge in [-0.3, -0.25) is 0 Å². The van der Waals surface area contributed by atoms with Crippen molar-refractivity contribution in [1.82, 2.24) is 0 Å². The second-order valence-electron chi connectivity index (χ2n) is 3.87. The highest BCUT2D eigenvalue weighted by atomic mass is 19.1. The third kappa shape index (κ3) is 3.02. The highest BCUT2D eigenvalue weighted by Gasteiger charge is 2.10. The van der Waals surface area contributed by atoms with Crippen molar-refractivity contribution in [3.63, 3.8) is 0 Å². The number of rotatable bonds is 4. The molecule has 0 fully saturated rings. The van der Waals surface area contributed by atoms with Crippen LogP contribution in [-0.4, -0.2) is 7.11 Å². The molecule has 0 N–H and O–H groups in total. The van der Waals surface area contributed by atoms with Crippen LogP contribution in [0.15, 0.2) is 42.5 Å². The molecule has 0 aromatic heterocycles. The van der Waals surface area contributed by atoms with Gasteiger partial charge >= 0.3 is 0 Å². The fourth-order valence-electron chi connectivity index (χ4n) is 1.70. The summed E-state index contributed by atoms with van der Waals surface area (Å²) in [5.74, 6) is 0.536. The standard InChI is InChI=1S/C15H12FNO2/c1-18-14-7-3-5-12(9-17)15(14)19-10-11-4-2-6-13(16)8-11/h2-8H,10H2,1H3. The smallest absolute Gasteiger partial charge is 0.179 e. The zero-order valence-corrected chi connectivity index (χ0v) is 10.4. The number of hydrogen-bond acceptors (Lipinski definition) is 3. The number of halogens is 1. The van der Waals surface area contributed by atoms with Gasteiger partial charge in [-0.25, -0.2) is 4.39 Å². The van der Waals surface area contributed by atoms with Gasteiger partial charge in [0.25, 0.3) is 0 Å². The van der Waals surface area contributed by atoms with Crippen molar-refractivity contribution >= 4 is 0 Å². The van der Waals surface area contributed by atoms with Crippen LogP contribution in [0.3, 0.4) is 0 Å². The molecule has 0 saturated carbocycles. The van der Waals surface area contributed by atoms with Gasteiger partial charge in [0, 0.05) is 0 Å². The van der Waals surface area contributed by atoms with Gasteiger partial charge in [-0.05, 0) is 29.8 Å². The van der Waals surface area contributed by atoms with Crippen molar-refractivity contribution in [3.8, 4) is 17.6 Å². The second kappa shape index (κ2) is 5.87. The molecular formula is C15H12FNO2. The van der Waals surface area contributed by atoms with Crippen LogP contribution in [-0.2, 0) is 6.61 Å². The molecule has 3 nitrogen and oxygen atoms in total. The van der Waals surface area contributed by atoms with E-state index in [2.05, 4.69) is 0 Å². The van der Waals surface area contributed by atoms with Crippen LogP contribution in [0.25, 0.3) is 0 Å². The van der Waals surface area contributed by atoms with Gasteiger partial charge in [0.1, 0.15) is 18.5 Å². The summed E-state index contributed by atoms with van der Waals surface area (Å²) in [5.41, 5.74) is 1.07. The SMILES string of the molecule is COc1cccc(C#N)c1OCc1cccc(F)c1. The summed E-state index contributed by atoms with van der Waals surface area (Å²) in [4.78, 5) is 0. The minimum absolute atomic E-state index is 0.173. The lowest BCUT2D eigenvalue weighted by Gasteiger charge is -2.11. The molecule has 0 amide bonds. The lowest BCUT2D eigenvalue weighted by Crippen LogP contribution is -2.00. The van der Waals surface area contributed by atoms with Crippen LogP contribution in [0.2, 0.25) is 0 Å². The van der Waals surface area contributed by atoms with Gasteiger partial charge in [-0.2, -0.15) is 5.26 Å². The van der Waals surface area contributed by atoms with E-state index in [0.29, 0.717) is 22.6 Å². The van der Waals surface area contributed by atoms with Gasteiger partial charge in [0.15, 0.2) is 11.5 Å². The largest absolute Gasteiger partial charge is 0.493 e. The van der Waals surface area contributed by atoms with Crippen LogP contribution in [0, 0.1) is 17.1 Å². The molecule has 19 heavy (non-hydrogen) atoms. The number of benzene rings is 2. The van der Waals surface area contributed by atoms with Crippen LogP contribution in [0.4, 0.5) is 4.39 Å². The summed E-state index contributed by atoms with van der Waals surface area (Å²) >= 11 is 0. The Hall–Kier alpha value is -2.54. The Bertz CT molecular complexity index is 620. The van der Waals surface area contributed by atoms with Crippen molar-refractivity contribution in [3.05, 3.63) is 59.4 Å². The number of nitriles is 1. The number of methoxy groups -OCH3 is 1. The van der Waals surface area contributed by atoms with E-state index in [-0.39, 0.29) is 12.4 Å². The quantitative estimate of drug-likeness (QED) is 0.844. The van der Waals surface area contributed by atoms with Crippen molar-refractivity contribution < 1.29 is 13.9 Å². The van der Waals surface area contributed by atoms with Crippen molar-refractivity contribution in [1.29, 1.82) is 5.26 Å². The first-order chi connectivity index (χ1) is 9.24. The molecule has 2 rings (SSSR count). The van der Waals surface area contributed by atoms with E-state index in [1.807, 2.05) is 6.07 Å². The van der Waals surface area contributed by atoms with Gasteiger partial charge < -0.3 is 9.47 Å². The van der Waals surface area contributed by atoms with E-state index in [0.717, 1.165) is 0 Å². The molecule has 0 unspecified atom stereocenters. The molecule has 0 spiro atoms. The van der Waals surface area contributed by atoms with Gasteiger partial charge in [0.2, 0.25) is 0 Å². The number of ether oxygens (including phenoxy) is 2. The normalized spacial score (nSPS) is 9.74. The Morgan fingerprint density at radius 2 is 2.00 bits per heavy atom. The zero-order valence-electron chi connectivity index (χ0n) is 10.4. The zero-order chi connectivity index (χ0) is 13.7. The fraction of sp³-hybridized carbons (Fsp3) is 0.133. The summed E-state index contributed by atoms with van der Waals surface area (Å²) in [7, 11) is 1.51. The molecule has 4 heteroatoms. The molecule has 0 heterocycles. The first-order valence-corrected chi connectivity index (χ1v) is 5.69. The van der Waals surface area contributed by atoms with Crippen LogP contribution < -0.4 is 9.47 Å². The summed E-state index contributed by atoms with van der Waals surface area (Å²) in [6.07, 6.45) is 0. The van der Waals surface area contributed by atoms with E-state index in [9.17, 15) is 4.39 Å². The molecule has 2 aromatic rings. The Morgan fingerprint density at radius 1 is 1.21 bits per heavy atom. The van der Waals surface area contributed by atoms with Crippen LogP contribution >= 0.6 is 0 Å². The highest BCUT2D eigenvalue weighted by molar-refractivity contribution is 5.52. The van der Waals surface area contributed by atoms with E-state index < -0.39 is 0 Å². The fourth-order valence-corrected chi connectivity index (χ4v) is 1.70. The van der Waals surface area contributed by atoms with Gasteiger partial charge in [-0.15, -0.1) is 0 Å². The third-order valence-corrected chi connectivity index (χ3v) is 2.59. The minimum atomic E-state index is -0.318. The topological polar surface area (TPSA) is 42.2 Å². The van der Waals surface area contributed by atoms with Crippen molar-refractivity contribution in [2.24, 2.45) is 0 Å². The van der Waals surface area contributed by atoms with Crippen molar-refractivity contribution in [2.45, 2.75) is 6.61 Å². The maximum absolute atomic E-state index is 13.1. The predicted molar refractivity (Wildman–Crippen MR) is 68.4 cm³/mol. The predicted octanol–water partition coefficient (Wildman–Crippen LogP) is 3.28. The molecule has 0 saturated heterocycles. The molecule has 0 radical (unpaired) electrons. The Morgan fingerprint density at radius 3 is 2.68 bits per heavy atom. The van der Waals surface area contributed by atoms with Crippen LogP contribution in [0.5, 0.6) is 11.5 Å². The summed E-state index contributed by atoms with van der Waals surface area (Å²) in [6, 6.07) is 13.2. The minimum Gasteiger partial charge on any atom is -0.493 e. The third-order valence-electron chi connectivity index (χ3n) is 2.59. The van der Waals surface area contributed by atoms with Crippen LogP contribution in [0.1, 0.15) is 11.1 Å². The lowest BCUT2D eigenvalue weighted by molar-refractivity contribution is 0.283. The van der Waals surface area contributed by atoms with Gasteiger partial charge in [-0.1, -0.05) is 18.2 Å². The van der Waals surface area contributed by atoms with E-state index in [1.165, 1.54) is 19.2 Å². The molecule has 0 aliphatic rings. The molecule has 2 aromatic carbocycles. The molecule has 0 aliphatic heterocycles. The van der Waals surface area contributed by atoms with E-state index in [4.69, 9.17) is 14.7 Å². The van der Waals surface area contributed by atoms with Crippen molar-refractivity contribution in [2.75, 3.05) is 7.11 Å². The average Bonchev–Trinajstić information content (AvgIpc) is 2.44.